The number of benzene rings is 1. The fourth-order valence-electron chi connectivity index (χ4n) is 2.37. The van der Waals surface area contributed by atoms with Gasteiger partial charge in [-0.15, -0.1) is 0 Å². The smallest absolute Gasteiger partial charge is 0.145 e. The molecule has 1 fully saturated rings. The Hall–Kier alpha value is -1.81. The van der Waals surface area contributed by atoms with Gasteiger partial charge in [-0.2, -0.15) is 0 Å². The van der Waals surface area contributed by atoms with Crippen LogP contribution in [0.15, 0.2) is 18.2 Å². The molecule has 0 aliphatic heterocycles. The first-order valence-electron chi connectivity index (χ1n) is 6.19. The zero-order valence-electron chi connectivity index (χ0n) is 10.7. The van der Waals surface area contributed by atoms with Crippen LogP contribution in [-0.4, -0.2) is 12.1 Å². The number of nitrogens with two attached hydrogens (primary N) is 1. The number of nitrogens with zero attached hydrogens (tertiary/aromatic N) is 1. The highest BCUT2D eigenvalue weighted by Gasteiger charge is 2.26. The van der Waals surface area contributed by atoms with Gasteiger partial charge in [-0.3, -0.25) is 5.84 Å². The van der Waals surface area contributed by atoms with E-state index >= 15 is 0 Å². The number of hydrogen-bond acceptors (Lipinski definition) is 4. The Morgan fingerprint density at radius 3 is 2.78 bits per heavy atom. The highest BCUT2D eigenvalue weighted by Crippen LogP contribution is 2.42. The maximum Gasteiger partial charge on any atom is 0.145 e. The summed E-state index contributed by atoms with van der Waals surface area (Å²) >= 11 is 0. The summed E-state index contributed by atoms with van der Waals surface area (Å²) in [6.45, 7) is 2.06. The van der Waals surface area contributed by atoms with Crippen molar-refractivity contribution < 1.29 is 4.74 Å². The Bertz CT molecular complexity index is 606. The van der Waals surface area contributed by atoms with Crippen molar-refractivity contribution in [1.82, 2.24) is 4.98 Å². The lowest BCUT2D eigenvalue weighted by molar-refractivity contribution is 0.418. The molecular formula is C14H17N3O. The highest BCUT2D eigenvalue weighted by atomic mass is 16.5. The van der Waals surface area contributed by atoms with Gasteiger partial charge >= 0.3 is 0 Å². The molecule has 2 aromatic rings. The number of ether oxygens (including phenoxy) is 1. The Morgan fingerprint density at radius 1 is 1.39 bits per heavy atom. The normalized spacial score (nSPS) is 14.8. The monoisotopic (exact) mass is 243 g/mol. The lowest BCUT2D eigenvalue weighted by Crippen LogP contribution is -2.09. The first-order valence-corrected chi connectivity index (χ1v) is 6.19. The van der Waals surface area contributed by atoms with Gasteiger partial charge in [-0.25, -0.2) is 4.98 Å². The number of aromatic nitrogens is 1. The molecule has 0 radical (unpaired) electrons. The van der Waals surface area contributed by atoms with Crippen LogP contribution >= 0.6 is 0 Å². The maximum absolute atomic E-state index is 5.65. The van der Waals surface area contributed by atoms with Crippen molar-refractivity contribution in [2.24, 2.45) is 5.84 Å². The molecule has 0 spiro atoms. The van der Waals surface area contributed by atoms with Gasteiger partial charge in [0.2, 0.25) is 0 Å². The summed E-state index contributed by atoms with van der Waals surface area (Å²) in [5, 5.41) is 1.04. The lowest BCUT2D eigenvalue weighted by atomic mass is 10.1. The highest BCUT2D eigenvalue weighted by molar-refractivity contribution is 5.97. The lowest BCUT2D eigenvalue weighted by Gasteiger charge is -2.13. The molecule has 0 atom stereocenters. The van der Waals surface area contributed by atoms with E-state index in [-0.39, 0.29) is 0 Å². The maximum atomic E-state index is 5.65. The van der Waals surface area contributed by atoms with E-state index in [1.54, 1.807) is 7.11 Å². The molecule has 0 amide bonds. The van der Waals surface area contributed by atoms with E-state index in [1.807, 2.05) is 12.1 Å². The van der Waals surface area contributed by atoms with Gasteiger partial charge in [0.1, 0.15) is 11.3 Å². The molecule has 1 aliphatic rings. The summed E-state index contributed by atoms with van der Waals surface area (Å²) in [6.07, 6.45) is 2.44. The van der Waals surface area contributed by atoms with Gasteiger partial charge in [-0.1, -0.05) is 6.07 Å². The molecule has 0 bridgehead atoms. The predicted octanol–water partition coefficient (Wildman–Crippen LogP) is 2.71. The van der Waals surface area contributed by atoms with E-state index in [0.717, 1.165) is 33.6 Å². The van der Waals surface area contributed by atoms with E-state index in [2.05, 4.69) is 18.4 Å². The number of rotatable bonds is 3. The van der Waals surface area contributed by atoms with Crippen molar-refractivity contribution in [3.63, 3.8) is 0 Å². The number of pyridine rings is 1. The van der Waals surface area contributed by atoms with Gasteiger partial charge < -0.3 is 10.2 Å². The van der Waals surface area contributed by atoms with Crippen LogP contribution in [0.25, 0.3) is 10.9 Å². The summed E-state index contributed by atoms with van der Waals surface area (Å²) in [5.41, 5.74) is 6.87. The Kier molecular flexibility index (Phi) is 2.59. The summed E-state index contributed by atoms with van der Waals surface area (Å²) in [4.78, 5) is 4.76. The fraction of sp³-hybridized carbons (Fsp3) is 0.357. The van der Waals surface area contributed by atoms with Crippen LogP contribution in [0.5, 0.6) is 5.75 Å². The van der Waals surface area contributed by atoms with Gasteiger partial charge in [0.05, 0.1) is 12.8 Å². The first kappa shape index (κ1) is 11.3. The molecule has 4 nitrogen and oxygen atoms in total. The van der Waals surface area contributed by atoms with Gasteiger partial charge in [0.25, 0.3) is 0 Å². The fourth-order valence-corrected chi connectivity index (χ4v) is 2.37. The summed E-state index contributed by atoms with van der Waals surface area (Å²) < 4.78 is 5.41. The van der Waals surface area contributed by atoms with E-state index < -0.39 is 0 Å². The van der Waals surface area contributed by atoms with E-state index in [1.165, 1.54) is 12.8 Å². The number of nitrogen functional groups attached to an aromatic ring is 1. The van der Waals surface area contributed by atoms with Crippen molar-refractivity contribution >= 4 is 16.6 Å². The van der Waals surface area contributed by atoms with Crippen molar-refractivity contribution in [1.29, 1.82) is 0 Å². The Morgan fingerprint density at radius 2 is 2.17 bits per heavy atom. The molecule has 1 aromatic heterocycles. The molecule has 0 saturated heterocycles. The van der Waals surface area contributed by atoms with Gasteiger partial charge in [0.15, 0.2) is 0 Å². The first-order chi connectivity index (χ1) is 8.74. The zero-order chi connectivity index (χ0) is 12.7. The summed E-state index contributed by atoms with van der Waals surface area (Å²) in [6, 6.07) is 6.05. The molecular weight excluding hydrogens is 226 g/mol. The van der Waals surface area contributed by atoms with E-state index in [9.17, 15) is 0 Å². The van der Waals surface area contributed by atoms with Crippen LogP contribution in [0.4, 0.5) is 5.69 Å². The Labute approximate surface area is 106 Å². The van der Waals surface area contributed by atoms with Crippen LogP contribution in [0.1, 0.15) is 30.0 Å². The molecule has 4 heteroatoms. The Balaban J connectivity index is 2.34. The van der Waals surface area contributed by atoms with Crippen LogP contribution in [0.2, 0.25) is 0 Å². The number of aryl methyl sites for hydroxylation is 1. The molecule has 18 heavy (non-hydrogen) atoms. The molecule has 1 aromatic carbocycles. The average molecular weight is 243 g/mol. The minimum absolute atomic E-state index is 0.590. The van der Waals surface area contributed by atoms with Crippen molar-refractivity contribution in [2.45, 2.75) is 25.7 Å². The second-order valence-electron chi connectivity index (χ2n) is 4.82. The molecule has 1 heterocycles. The standard InChI is InChI=1S/C14H17N3O/c1-8-3-6-12(18-2)14-13(8)11(17-15)7-10(16-14)9-4-5-9/h3,6-7,9H,4-5,15H2,1-2H3,(H,16,17). The van der Waals surface area contributed by atoms with Gasteiger partial charge in [0, 0.05) is 17.0 Å². The SMILES string of the molecule is COc1ccc(C)c2c(NN)cc(C3CC3)nc12. The second-order valence-corrected chi connectivity index (χ2v) is 4.82. The number of hydrogen-bond donors (Lipinski definition) is 2. The number of fused-ring (bicyclic) bond motifs is 1. The number of hydrazine groups is 1. The van der Waals surface area contributed by atoms with Crippen LogP contribution < -0.4 is 16.0 Å². The third-order valence-corrected chi connectivity index (χ3v) is 3.52. The number of nitrogens with one attached hydrogen (secondary N) is 1. The topological polar surface area (TPSA) is 60.2 Å². The minimum Gasteiger partial charge on any atom is -0.494 e. The average Bonchev–Trinajstić information content (AvgIpc) is 3.22. The zero-order valence-corrected chi connectivity index (χ0v) is 10.7. The number of methoxy groups -OCH3 is 1. The second kappa shape index (κ2) is 4.14. The molecule has 94 valence electrons. The van der Waals surface area contributed by atoms with Crippen molar-refractivity contribution in [2.75, 3.05) is 12.5 Å². The van der Waals surface area contributed by atoms with Crippen LogP contribution in [0, 0.1) is 6.92 Å². The van der Waals surface area contributed by atoms with Crippen molar-refractivity contribution in [3.8, 4) is 5.75 Å². The van der Waals surface area contributed by atoms with Crippen LogP contribution in [-0.2, 0) is 0 Å². The quantitative estimate of drug-likeness (QED) is 0.642. The third-order valence-electron chi connectivity index (χ3n) is 3.52. The van der Waals surface area contributed by atoms with E-state index in [0.29, 0.717) is 5.92 Å². The van der Waals surface area contributed by atoms with Crippen molar-refractivity contribution in [3.05, 3.63) is 29.5 Å². The molecule has 0 unspecified atom stereocenters. The third kappa shape index (κ3) is 1.69. The number of anilines is 1. The molecule has 1 aliphatic carbocycles. The molecule has 3 rings (SSSR count). The summed E-state index contributed by atoms with van der Waals surface area (Å²) in [7, 11) is 1.67. The van der Waals surface area contributed by atoms with E-state index in [4.69, 9.17) is 15.6 Å². The largest absolute Gasteiger partial charge is 0.494 e. The van der Waals surface area contributed by atoms with Gasteiger partial charge in [-0.05, 0) is 37.5 Å². The minimum atomic E-state index is 0.590. The van der Waals surface area contributed by atoms with Crippen LogP contribution in [0.3, 0.4) is 0 Å². The molecule has 3 N–H and O–H groups in total. The summed E-state index contributed by atoms with van der Waals surface area (Å²) in [5.74, 6) is 7.04. The predicted molar refractivity (Wildman–Crippen MR) is 72.8 cm³/mol. The molecule has 1 saturated carbocycles.